The van der Waals surface area contributed by atoms with Crippen LogP contribution in [0.3, 0.4) is 0 Å². The zero-order chi connectivity index (χ0) is 14.7. The summed E-state index contributed by atoms with van der Waals surface area (Å²) >= 11 is 3.61. The average Bonchev–Trinajstić information content (AvgIpc) is 3.09. The average molecular weight is 477 g/mol. The van der Waals surface area contributed by atoms with Crippen molar-refractivity contribution in [2.24, 2.45) is 10.7 Å². The van der Waals surface area contributed by atoms with Gasteiger partial charge in [0.1, 0.15) is 0 Å². The summed E-state index contributed by atoms with van der Waals surface area (Å²) < 4.78 is 1.12. The molecule has 0 aliphatic heterocycles. The van der Waals surface area contributed by atoms with Gasteiger partial charge in [0.25, 0.3) is 0 Å². The lowest BCUT2D eigenvalue weighted by Gasteiger charge is -2.12. The molecule has 6 heteroatoms. The molecule has 22 heavy (non-hydrogen) atoms. The number of guanidine groups is 1. The van der Waals surface area contributed by atoms with Crippen LogP contribution in [-0.2, 0) is 6.42 Å². The Kier molecular flexibility index (Phi) is 6.55. The van der Waals surface area contributed by atoms with Gasteiger partial charge in [-0.15, -0.1) is 24.0 Å². The third kappa shape index (κ3) is 4.16. The van der Waals surface area contributed by atoms with Gasteiger partial charge >= 0.3 is 0 Å². The zero-order valence-corrected chi connectivity index (χ0v) is 16.4. The Bertz CT molecular complexity index is 647. The molecule has 1 aromatic carbocycles. The summed E-state index contributed by atoms with van der Waals surface area (Å²) in [6.07, 6.45) is 7.97. The number of hydrogen-bond acceptors (Lipinski definition) is 1. The number of hydrogen-bond donors (Lipinski definition) is 3. The molecule has 1 aliphatic carbocycles. The maximum atomic E-state index is 5.96. The Labute approximate surface area is 156 Å². The van der Waals surface area contributed by atoms with E-state index in [9.17, 15) is 0 Å². The van der Waals surface area contributed by atoms with E-state index in [1.54, 1.807) is 0 Å². The molecule has 1 heterocycles. The van der Waals surface area contributed by atoms with Gasteiger partial charge in [-0.1, -0.05) is 34.8 Å². The molecular weight excluding hydrogens is 455 g/mol. The number of nitrogens with two attached hydrogens (primary N) is 1. The van der Waals surface area contributed by atoms with Crippen molar-refractivity contribution in [3.63, 3.8) is 0 Å². The zero-order valence-electron chi connectivity index (χ0n) is 12.4. The van der Waals surface area contributed by atoms with Gasteiger partial charge in [0, 0.05) is 34.2 Å². The highest BCUT2D eigenvalue weighted by Crippen LogP contribution is 2.27. The van der Waals surface area contributed by atoms with E-state index < -0.39 is 0 Å². The van der Waals surface area contributed by atoms with Gasteiger partial charge in [0.15, 0.2) is 5.96 Å². The molecule has 0 atom stereocenters. The number of halogens is 2. The van der Waals surface area contributed by atoms with Gasteiger partial charge in [-0.05, 0) is 37.0 Å². The minimum atomic E-state index is 0. The van der Waals surface area contributed by atoms with E-state index >= 15 is 0 Å². The summed E-state index contributed by atoms with van der Waals surface area (Å²) in [5.41, 5.74) is 8.38. The van der Waals surface area contributed by atoms with Crippen molar-refractivity contribution in [2.75, 3.05) is 6.54 Å². The first-order valence-electron chi connectivity index (χ1n) is 7.55. The van der Waals surface area contributed by atoms with Crippen LogP contribution in [0.2, 0.25) is 0 Å². The van der Waals surface area contributed by atoms with Gasteiger partial charge < -0.3 is 16.0 Å². The van der Waals surface area contributed by atoms with Crippen LogP contribution in [-0.4, -0.2) is 23.5 Å². The molecule has 0 bridgehead atoms. The highest BCUT2D eigenvalue weighted by atomic mass is 127. The van der Waals surface area contributed by atoms with E-state index in [1.807, 2.05) is 6.07 Å². The second kappa shape index (κ2) is 8.19. The Morgan fingerprint density at radius 2 is 2.14 bits per heavy atom. The van der Waals surface area contributed by atoms with Gasteiger partial charge in [-0.25, -0.2) is 0 Å². The first kappa shape index (κ1) is 17.6. The number of benzene rings is 1. The normalized spacial score (nSPS) is 16.0. The lowest BCUT2D eigenvalue weighted by atomic mass is 10.1. The van der Waals surface area contributed by atoms with Crippen LogP contribution in [0.5, 0.6) is 0 Å². The van der Waals surface area contributed by atoms with Gasteiger partial charge in [0.2, 0.25) is 0 Å². The third-order valence-corrected chi connectivity index (χ3v) is 4.77. The molecule has 4 nitrogen and oxygen atoms in total. The van der Waals surface area contributed by atoms with Crippen molar-refractivity contribution in [3.05, 3.63) is 34.4 Å². The standard InChI is InChI=1S/C16H21BrN4.HI/c17-13-6-3-7-14-15(13)11(10-20-14)8-9-19-16(18)21-12-4-1-2-5-12;/h3,6-7,10,12,20H,1-2,4-5,8-9H2,(H3,18,19,21);1H. The molecule has 0 spiro atoms. The Balaban J connectivity index is 0.00000176. The molecule has 1 aliphatic rings. The minimum absolute atomic E-state index is 0. The van der Waals surface area contributed by atoms with E-state index in [-0.39, 0.29) is 24.0 Å². The van der Waals surface area contributed by atoms with Crippen molar-refractivity contribution in [1.82, 2.24) is 10.3 Å². The van der Waals surface area contributed by atoms with Gasteiger partial charge in [-0.3, -0.25) is 4.99 Å². The number of aromatic nitrogens is 1. The van der Waals surface area contributed by atoms with Crippen molar-refractivity contribution < 1.29 is 0 Å². The van der Waals surface area contributed by atoms with E-state index in [2.05, 4.69) is 49.6 Å². The molecule has 0 unspecified atom stereocenters. The quantitative estimate of drug-likeness (QED) is 0.355. The summed E-state index contributed by atoms with van der Waals surface area (Å²) in [7, 11) is 0. The fourth-order valence-electron chi connectivity index (χ4n) is 3.03. The first-order valence-corrected chi connectivity index (χ1v) is 8.34. The van der Waals surface area contributed by atoms with Crippen LogP contribution in [0, 0.1) is 0 Å². The smallest absolute Gasteiger partial charge is 0.188 e. The van der Waals surface area contributed by atoms with Crippen LogP contribution < -0.4 is 11.1 Å². The van der Waals surface area contributed by atoms with Crippen molar-refractivity contribution in [1.29, 1.82) is 0 Å². The summed E-state index contributed by atoms with van der Waals surface area (Å²) in [6.45, 7) is 0.708. The molecule has 2 aromatic rings. The first-order chi connectivity index (χ1) is 10.2. The number of H-pyrrole nitrogens is 1. The SMILES string of the molecule is I.NC(=NCCc1c[nH]c2cccc(Br)c12)NC1CCCC1. The highest BCUT2D eigenvalue weighted by molar-refractivity contribution is 14.0. The van der Waals surface area contributed by atoms with E-state index in [0.29, 0.717) is 18.5 Å². The Hall–Kier alpha value is -0.760. The lowest BCUT2D eigenvalue weighted by molar-refractivity contribution is 0.625. The molecule has 0 saturated heterocycles. The predicted octanol–water partition coefficient (Wildman–Crippen LogP) is 3.94. The monoisotopic (exact) mass is 476 g/mol. The molecule has 1 aromatic heterocycles. The fraction of sp³-hybridized carbons (Fsp3) is 0.438. The number of rotatable bonds is 4. The summed E-state index contributed by atoms with van der Waals surface area (Å²) in [5, 5.41) is 4.56. The molecule has 0 radical (unpaired) electrons. The molecule has 1 fully saturated rings. The number of nitrogens with zero attached hydrogens (tertiary/aromatic N) is 1. The second-order valence-electron chi connectivity index (χ2n) is 5.62. The molecule has 3 rings (SSSR count). The van der Waals surface area contributed by atoms with Crippen molar-refractivity contribution >= 4 is 56.8 Å². The minimum Gasteiger partial charge on any atom is -0.370 e. The predicted molar refractivity (Wildman–Crippen MR) is 107 cm³/mol. The maximum Gasteiger partial charge on any atom is 0.188 e. The van der Waals surface area contributed by atoms with Gasteiger partial charge in [-0.2, -0.15) is 0 Å². The van der Waals surface area contributed by atoms with Crippen molar-refractivity contribution in [2.45, 2.75) is 38.1 Å². The van der Waals surface area contributed by atoms with Crippen LogP contribution in [0.4, 0.5) is 0 Å². The number of aliphatic imine (C=N–C) groups is 1. The molecular formula is C16H22BrIN4. The largest absolute Gasteiger partial charge is 0.370 e. The number of nitrogens with one attached hydrogen (secondary N) is 2. The third-order valence-electron chi connectivity index (χ3n) is 4.11. The Morgan fingerprint density at radius 3 is 2.91 bits per heavy atom. The molecule has 120 valence electrons. The topological polar surface area (TPSA) is 66.2 Å². The van der Waals surface area contributed by atoms with Crippen LogP contribution >= 0.6 is 39.9 Å². The second-order valence-corrected chi connectivity index (χ2v) is 6.47. The maximum absolute atomic E-state index is 5.96. The number of fused-ring (bicyclic) bond motifs is 1. The fourth-order valence-corrected chi connectivity index (χ4v) is 3.65. The van der Waals surface area contributed by atoms with E-state index in [4.69, 9.17) is 5.73 Å². The van der Waals surface area contributed by atoms with Crippen LogP contribution in [0.15, 0.2) is 33.9 Å². The Morgan fingerprint density at radius 1 is 1.36 bits per heavy atom. The summed E-state index contributed by atoms with van der Waals surface area (Å²) in [5.74, 6) is 0.584. The number of aromatic amines is 1. The highest BCUT2D eigenvalue weighted by Gasteiger charge is 2.14. The van der Waals surface area contributed by atoms with E-state index in [1.165, 1.54) is 36.6 Å². The van der Waals surface area contributed by atoms with Crippen molar-refractivity contribution in [3.8, 4) is 0 Å². The van der Waals surface area contributed by atoms with E-state index in [0.717, 1.165) is 16.4 Å². The summed E-state index contributed by atoms with van der Waals surface area (Å²) in [4.78, 5) is 7.75. The molecule has 4 N–H and O–H groups in total. The molecule has 0 amide bonds. The lowest BCUT2D eigenvalue weighted by Crippen LogP contribution is -2.38. The molecule has 1 saturated carbocycles. The van der Waals surface area contributed by atoms with Crippen LogP contribution in [0.1, 0.15) is 31.2 Å². The van der Waals surface area contributed by atoms with Gasteiger partial charge in [0.05, 0.1) is 0 Å². The summed E-state index contributed by atoms with van der Waals surface area (Å²) in [6, 6.07) is 6.71. The van der Waals surface area contributed by atoms with Crippen LogP contribution in [0.25, 0.3) is 10.9 Å².